The first-order valence-electron chi connectivity index (χ1n) is 6.18. The summed E-state index contributed by atoms with van der Waals surface area (Å²) in [5.74, 6) is 0.642. The molecule has 0 unspecified atom stereocenters. The van der Waals surface area contributed by atoms with Crippen LogP contribution < -0.4 is 0 Å². The Labute approximate surface area is 98.9 Å². The van der Waals surface area contributed by atoms with Crippen molar-refractivity contribution in [2.75, 3.05) is 6.61 Å². The highest BCUT2D eigenvalue weighted by Gasteiger charge is 2.46. The number of ether oxygens (including phenoxy) is 1. The normalized spacial score (nSPS) is 38.1. The van der Waals surface area contributed by atoms with Crippen molar-refractivity contribution in [1.29, 1.82) is 0 Å². The van der Waals surface area contributed by atoms with Crippen LogP contribution in [0.4, 0.5) is 0 Å². The van der Waals surface area contributed by atoms with Crippen LogP contribution >= 0.6 is 0 Å². The Morgan fingerprint density at radius 2 is 2.25 bits per heavy atom. The van der Waals surface area contributed by atoms with Gasteiger partial charge in [-0.1, -0.05) is 36.8 Å². The molecule has 0 radical (unpaired) electrons. The van der Waals surface area contributed by atoms with Gasteiger partial charge in [0.25, 0.3) is 0 Å². The standard InChI is InChI=1S/C15H22O/c1-5-6-14-15(4)8-7-12(11(2)3)9-13(15)10-16-14/h5-8,13-14H,9-10H2,1-4H3/b6-5+/t13-,14+,15-/m1/s1. The third-order valence-corrected chi connectivity index (χ3v) is 4.09. The monoisotopic (exact) mass is 218 g/mol. The van der Waals surface area contributed by atoms with Crippen LogP contribution in [0.3, 0.4) is 0 Å². The summed E-state index contributed by atoms with van der Waals surface area (Å²) >= 11 is 0. The Morgan fingerprint density at radius 1 is 1.50 bits per heavy atom. The molecule has 1 nitrogen and oxygen atoms in total. The second-order valence-electron chi connectivity index (χ2n) is 5.41. The van der Waals surface area contributed by atoms with Gasteiger partial charge < -0.3 is 4.74 Å². The Balaban J connectivity index is 2.30. The summed E-state index contributed by atoms with van der Waals surface area (Å²) in [4.78, 5) is 0. The van der Waals surface area contributed by atoms with E-state index < -0.39 is 0 Å². The first kappa shape index (κ1) is 11.7. The van der Waals surface area contributed by atoms with Gasteiger partial charge in [-0.05, 0) is 38.7 Å². The molecule has 1 heterocycles. The van der Waals surface area contributed by atoms with Crippen LogP contribution in [0.15, 0.2) is 35.5 Å². The van der Waals surface area contributed by atoms with Gasteiger partial charge in [0.1, 0.15) is 0 Å². The molecule has 0 aromatic rings. The molecule has 1 fully saturated rings. The molecule has 3 atom stereocenters. The summed E-state index contributed by atoms with van der Waals surface area (Å²) in [6.07, 6.45) is 10.4. The molecule has 1 aliphatic heterocycles. The van der Waals surface area contributed by atoms with Gasteiger partial charge in [0.05, 0.1) is 12.7 Å². The zero-order valence-corrected chi connectivity index (χ0v) is 10.8. The largest absolute Gasteiger partial charge is 0.373 e. The van der Waals surface area contributed by atoms with Gasteiger partial charge in [-0.25, -0.2) is 0 Å². The van der Waals surface area contributed by atoms with Crippen molar-refractivity contribution < 1.29 is 4.74 Å². The van der Waals surface area contributed by atoms with Crippen LogP contribution in [0.5, 0.6) is 0 Å². The maximum atomic E-state index is 5.91. The first-order chi connectivity index (χ1) is 7.58. The fourth-order valence-corrected chi connectivity index (χ4v) is 2.74. The van der Waals surface area contributed by atoms with Crippen LogP contribution in [0.1, 0.15) is 34.1 Å². The van der Waals surface area contributed by atoms with Crippen LogP contribution in [0.25, 0.3) is 0 Å². The van der Waals surface area contributed by atoms with E-state index in [0.29, 0.717) is 5.92 Å². The number of fused-ring (bicyclic) bond motifs is 1. The van der Waals surface area contributed by atoms with Crippen molar-refractivity contribution in [3.63, 3.8) is 0 Å². The van der Waals surface area contributed by atoms with E-state index >= 15 is 0 Å². The van der Waals surface area contributed by atoms with Crippen molar-refractivity contribution in [1.82, 2.24) is 0 Å². The molecular weight excluding hydrogens is 196 g/mol. The first-order valence-corrected chi connectivity index (χ1v) is 6.18. The molecule has 1 heteroatoms. The SMILES string of the molecule is C/C=C/[C@@H]1OC[C@H]2CC(=C(C)C)C=C[C@]21C. The molecule has 2 rings (SSSR count). The molecule has 0 aromatic heterocycles. The second kappa shape index (κ2) is 4.21. The lowest BCUT2D eigenvalue weighted by Gasteiger charge is -2.34. The molecule has 0 amide bonds. The minimum atomic E-state index is 0.200. The maximum absolute atomic E-state index is 5.91. The van der Waals surface area contributed by atoms with Crippen LogP contribution in [0, 0.1) is 11.3 Å². The quantitative estimate of drug-likeness (QED) is 0.607. The highest BCUT2D eigenvalue weighted by molar-refractivity contribution is 5.32. The summed E-state index contributed by atoms with van der Waals surface area (Å²) in [5, 5.41) is 0. The Kier molecular flexibility index (Phi) is 3.07. The van der Waals surface area contributed by atoms with E-state index in [1.807, 2.05) is 0 Å². The zero-order chi connectivity index (χ0) is 11.8. The highest BCUT2D eigenvalue weighted by Crippen LogP contribution is 2.48. The molecule has 0 saturated carbocycles. The minimum Gasteiger partial charge on any atom is -0.373 e. The number of allylic oxidation sites excluding steroid dienone is 4. The number of rotatable bonds is 1. The molecule has 0 spiro atoms. The Morgan fingerprint density at radius 3 is 2.88 bits per heavy atom. The molecular formula is C15H22O. The molecule has 0 aromatic carbocycles. The molecule has 16 heavy (non-hydrogen) atoms. The third kappa shape index (κ3) is 1.78. The molecule has 88 valence electrons. The van der Waals surface area contributed by atoms with Crippen LogP contribution in [-0.4, -0.2) is 12.7 Å². The van der Waals surface area contributed by atoms with E-state index in [0.717, 1.165) is 6.61 Å². The van der Waals surface area contributed by atoms with E-state index in [2.05, 4.69) is 52.0 Å². The smallest absolute Gasteiger partial charge is 0.0847 e. The van der Waals surface area contributed by atoms with Gasteiger partial charge in [-0.15, -0.1) is 0 Å². The van der Waals surface area contributed by atoms with Crippen molar-refractivity contribution in [3.05, 3.63) is 35.5 Å². The molecule has 0 bridgehead atoms. The van der Waals surface area contributed by atoms with Gasteiger partial charge in [-0.3, -0.25) is 0 Å². The average molecular weight is 218 g/mol. The Hall–Kier alpha value is -0.820. The maximum Gasteiger partial charge on any atom is 0.0847 e. The summed E-state index contributed by atoms with van der Waals surface area (Å²) in [7, 11) is 0. The number of hydrogen-bond donors (Lipinski definition) is 0. The second-order valence-corrected chi connectivity index (χ2v) is 5.41. The minimum absolute atomic E-state index is 0.200. The predicted molar refractivity (Wildman–Crippen MR) is 68.3 cm³/mol. The van der Waals surface area contributed by atoms with Crippen LogP contribution in [-0.2, 0) is 4.74 Å². The fourth-order valence-electron chi connectivity index (χ4n) is 2.74. The topological polar surface area (TPSA) is 9.23 Å². The molecule has 1 saturated heterocycles. The average Bonchev–Trinajstić information content (AvgIpc) is 2.56. The summed E-state index contributed by atoms with van der Waals surface area (Å²) in [6, 6.07) is 0. The summed E-state index contributed by atoms with van der Waals surface area (Å²) in [6.45, 7) is 9.68. The van der Waals surface area contributed by atoms with Crippen molar-refractivity contribution >= 4 is 0 Å². The van der Waals surface area contributed by atoms with E-state index in [1.54, 1.807) is 0 Å². The van der Waals surface area contributed by atoms with E-state index in [-0.39, 0.29) is 11.5 Å². The lowest BCUT2D eigenvalue weighted by Crippen LogP contribution is -2.32. The third-order valence-electron chi connectivity index (χ3n) is 4.09. The van der Waals surface area contributed by atoms with Gasteiger partial charge in [0.2, 0.25) is 0 Å². The van der Waals surface area contributed by atoms with Gasteiger partial charge in [0.15, 0.2) is 0 Å². The van der Waals surface area contributed by atoms with Gasteiger partial charge in [0, 0.05) is 5.41 Å². The van der Waals surface area contributed by atoms with E-state index in [1.165, 1.54) is 17.6 Å². The van der Waals surface area contributed by atoms with Crippen molar-refractivity contribution in [2.24, 2.45) is 11.3 Å². The zero-order valence-electron chi connectivity index (χ0n) is 10.8. The molecule has 1 aliphatic carbocycles. The highest BCUT2D eigenvalue weighted by atomic mass is 16.5. The van der Waals surface area contributed by atoms with Crippen LogP contribution in [0.2, 0.25) is 0 Å². The molecule has 0 N–H and O–H groups in total. The predicted octanol–water partition coefficient (Wildman–Crippen LogP) is 3.88. The summed E-state index contributed by atoms with van der Waals surface area (Å²) in [5.41, 5.74) is 3.13. The Bertz CT molecular complexity index is 358. The fraction of sp³-hybridized carbons (Fsp3) is 0.600. The van der Waals surface area contributed by atoms with Gasteiger partial charge >= 0.3 is 0 Å². The molecule has 2 aliphatic rings. The van der Waals surface area contributed by atoms with Crippen molar-refractivity contribution in [2.45, 2.75) is 40.2 Å². The lowest BCUT2D eigenvalue weighted by atomic mass is 9.68. The van der Waals surface area contributed by atoms with Crippen molar-refractivity contribution in [3.8, 4) is 0 Å². The van der Waals surface area contributed by atoms with Gasteiger partial charge in [-0.2, -0.15) is 0 Å². The summed E-state index contributed by atoms with van der Waals surface area (Å²) < 4.78 is 5.91. The van der Waals surface area contributed by atoms with E-state index in [4.69, 9.17) is 4.74 Å². The number of hydrogen-bond acceptors (Lipinski definition) is 1. The van der Waals surface area contributed by atoms with E-state index in [9.17, 15) is 0 Å². The lowest BCUT2D eigenvalue weighted by molar-refractivity contribution is 0.113.